The van der Waals surface area contributed by atoms with Crippen molar-refractivity contribution in [2.45, 2.75) is 79.4 Å². The summed E-state index contributed by atoms with van der Waals surface area (Å²) in [5.41, 5.74) is 5.92. The van der Waals surface area contributed by atoms with Crippen LogP contribution >= 0.6 is 0 Å². The van der Waals surface area contributed by atoms with Gasteiger partial charge in [0.05, 0.1) is 0 Å². The minimum absolute atomic E-state index is 0.141. The molecule has 0 fully saturated rings. The number of hydrogen-bond donors (Lipinski definition) is 2. The second kappa shape index (κ2) is 11.7. The summed E-state index contributed by atoms with van der Waals surface area (Å²) < 4.78 is 10.6. The van der Waals surface area contributed by atoms with Crippen molar-refractivity contribution in [3.8, 4) is 0 Å². The number of carbonyl (C=O) groups excluding carboxylic acids is 2. The van der Waals surface area contributed by atoms with Gasteiger partial charge in [-0.25, -0.2) is 4.79 Å². The summed E-state index contributed by atoms with van der Waals surface area (Å²) in [7, 11) is 0. The van der Waals surface area contributed by atoms with E-state index in [0.29, 0.717) is 12.8 Å². The second-order valence-electron chi connectivity index (χ2n) is 11.5. The van der Waals surface area contributed by atoms with E-state index in [0.717, 1.165) is 22.0 Å². The number of rotatable bonds is 5. The van der Waals surface area contributed by atoms with Crippen LogP contribution in [0.1, 0.15) is 70.2 Å². The van der Waals surface area contributed by atoms with E-state index in [4.69, 9.17) is 9.47 Å². The molecule has 0 aliphatic heterocycles. The lowest BCUT2D eigenvalue weighted by atomic mass is 10.0. The number of benzene rings is 2. The first-order valence-electron chi connectivity index (χ1n) is 13.0. The lowest BCUT2D eigenvalue weighted by Crippen LogP contribution is -2.24. The average Bonchev–Trinajstić information content (AvgIpc) is 3.38. The summed E-state index contributed by atoms with van der Waals surface area (Å²) >= 11 is 0. The van der Waals surface area contributed by atoms with E-state index in [1.54, 1.807) is 6.08 Å². The van der Waals surface area contributed by atoms with Gasteiger partial charge in [-0.1, -0.05) is 24.3 Å². The highest BCUT2D eigenvalue weighted by molar-refractivity contribution is 5.95. The summed E-state index contributed by atoms with van der Waals surface area (Å²) in [6.45, 7) is 15.4. The molecule has 0 saturated carbocycles. The van der Waals surface area contributed by atoms with Crippen molar-refractivity contribution in [3.63, 3.8) is 0 Å². The number of fused-ring (bicyclic) bond motifs is 2. The van der Waals surface area contributed by atoms with Crippen LogP contribution in [-0.4, -0.2) is 33.1 Å². The molecule has 38 heavy (non-hydrogen) atoms. The smallest absolute Gasteiger partial charge is 0.331 e. The van der Waals surface area contributed by atoms with Crippen LogP contribution in [0, 0.1) is 13.8 Å². The van der Waals surface area contributed by atoms with Gasteiger partial charge in [0, 0.05) is 46.7 Å². The lowest BCUT2D eigenvalue weighted by Gasteiger charge is -2.19. The largest absolute Gasteiger partial charge is 0.460 e. The van der Waals surface area contributed by atoms with Crippen molar-refractivity contribution in [1.29, 1.82) is 0 Å². The molecule has 0 unspecified atom stereocenters. The molecule has 4 aromatic rings. The molecule has 0 bridgehead atoms. The van der Waals surface area contributed by atoms with Gasteiger partial charge in [0.2, 0.25) is 0 Å². The van der Waals surface area contributed by atoms with E-state index in [1.165, 1.54) is 28.2 Å². The normalized spacial score (nSPS) is 12.0. The summed E-state index contributed by atoms with van der Waals surface area (Å²) in [5.74, 6) is -0.463. The Balaban J connectivity index is 0.000000211. The van der Waals surface area contributed by atoms with Crippen LogP contribution in [0.5, 0.6) is 0 Å². The van der Waals surface area contributed by atoms with E-state index in [-0.39, 0.29) is 11.9 Å². The highest BCUT2D eigenvalue weighted by Gasteiger charge is 2.17. The Labute approximate surface area is 225 Å². The Morgan fingerprint density at radius 2 is 1.34 bits per heavy atom. The van der Waals surface area contributed by atoms with Crippen LogP contribution in [-0.2, 0) is 25.5 Å². The highest BCUT2D eigenvalue weighted by atomic mass is 16.6. The molecular formula is C32H40N2O4. The first-order valence-corrected chi connectivity index (χ1v) is 13.0. The Kier molecular flexibility index (Phi) is 8.87. The Morgan fingerprint density at radius 3 is 1.95 bits per heavy atom. The van der Waals surface area contributed by atoms with Crippen LogP contribution in [0.15, 0.2) is 54.9 Å². The van der Waals surface area contributed by atoms with Crippen LogP contribution in [0.25, 0.3) is 27.9 Å². The zero-order valence-electron chi connectivity index (χ0n) is 23.8. The zero-order chi connectivity index (χ0) is 28.1. The van der Waals surface area contributed by atoms with Gasteiger partial charge in [0.15, 0.2) is 0 Å². The van der Waals surface area contributed by atoms with Crippen molar-refractivity contribution in [2.24, 2.45) is 0 Å². The molecule has 0 spiro atoms. The third-order valence-corrected chi connectivity index (χ3v) is 5.75. The summed E-state index contributed by atoms with van der Waals surface area (Å²) in [6.07, 6.45) is 8.38. The molecule has 0 atom stereocenters. The molecule has 2 heterocycles. The maximum atomic E-state index is 11.8. The average molecular weight is 517 g/mol. The van der Waals surface area contributed by atoms with Gasteiger partial charge in [0.25, 0.3) is 0 Å². The lowest BCUT2D eigenvalue weighted by molar-refractivity contribution is -0.154. The van der Waals surface area contributed by atoms with Crippen molar-refractivity contribution < 1.29 is 19.1 Å². The van der Waals surface area contributed by atoms with E-state index in [9.17, 15) is 9.59 Å². The van der Waals surface area contributed by atoms with Gasteiger partial charge >= 0.3 is 11.9 Å². The van der Waals surface area contributed by atoms with Crippen molar-refractivity contribution in [2.75, 3.05) is 0 Å². The molecule has 0 saturated heterocycles. The maximum absolute atomic E-state index is 11.8. The van der Waals surface area contributed by atoms with E-state index < -0.39 is 11.2 Å². The first kappa shape index (κ1) is 28.8. The number of nitrogens with one attached hydrogen (secondary N) is 2. The zero-order valence-corrected chi connectivity index (χ0v) is 23.8. The minimum atomic E-state index is -0.461. The summed E-state index contributed by atoms with van der Waals surface area (Å²) in [5, 5.41) is 2.37. The monoisotopic (exact) mass is 516 g/mol. The van der Waals surface area contributed by atoms with Gasteiger partial charge in [-0.2, -0.15) is 0 Å². The standard InChI is InChI=1S/C16H21NO2.C16H19NO2/c2*1-11-10-17-13-7-5-6-12(15(11)13)8-9-14(18)19-16(2,3)4/h5-7,10,17H,8-9H2,1-4H3;5-10,17H,1-4H3/b;9-8+. The molecule has 0 amide bonds. The van der Waals surface area contributed by atoms with Crippen molar-refractivity contribution >= 4 is 39.8 Å². The topological polar surface area (TPSA) is 84.2 Å². The number of hydrogen-bond acceptors (Lipinski definition) is 4. The predicted molar refractivity (Wildman–Crippen MR) is 155 cm³/mol. The number of carbonyl (C=O) groups is 2. The second-order valence-corrected chi connectivity index (χ2v) is 11.5. The van der Waals surface area contributed by atoms with E-state index in [1.807, 2.05) is 85.1 Å². The Bertz CT molecular complexity index is 1440. The minimum Gasteiger partial charge on any atom is -0.460 e. The van der Waals surface area contributed by atoms with Crippen LogP contribution < -0.4 is 0 Å². The number of H-pyrrole nitrogens is 2. The Hall–Kier alpha value is -3.80. The first-order chi connectivity index (χ1) is 17.7. The number of aromatic nitrogens is 2. The molecule has 2 N–H and O–H groups in total. The van der Waals surface area contributed by atoms with Crippen molar-refractivity contribution in [3.05, 3.63) is 77.1 Å². The van der Waals surface area contributed by atoms with E-state index >= 15 is 0 Å². The van der Waals surface area contributed by atoms with Crippen LogP contribution in [0.2, 0.25) is 0 Å². The molecule has 4 rings (SSSR count). The van der Waals surface area contributed by atoms with Gasteiger partial charge in [-0.05, 0) is 102 Å². The number of aryl methyl sites for hydroxylation is 3. The Morgan fingerprint density at radius 1 is 0.789 bits per heavy atom. The summed E-state index contributed by atoms with van der Waals surface area (Å²) in [6, 6.07) is 12.1. The fourth-order valence-corrected chi connectivity index (χ4v) is 4.30. The molecule has 0 aliphatic rings. The van der Waals surface area contributed by atoms with E-state index in [2.05, 4.69) is 29.0 Å². The predicted octanol–water partition coefficient (Wildman–Crippen LogP) is 7.58. The van der Waals surface area contributed by atoms with Crippen LogP contribution in [0.4, 0.5) is 0 Å². The molecule has 2 aromatic carbocycles. The fraction of sp³-hybridized carbons (Fsp3) is 0.375. The van der Waals surface area contributed by atoms with Gasteiger partial charge in [0.1, 0.15) is 11.2 Å². The van der Waals surface area contributed by atoms with Gasteiger partial charge < -0.3 is 19.4 Å². The molecule has 202 valence electrons. The van der Waals surface area contributed by atoms with Gasteiger partial charge in [-0.15, -0.1) is 0 Å². The van der Waals surface area contributed by atoms with Crippen molar-refractivity contribution in [1.82, 2.24) is 9.97 Å². The fourth-order valence-electron chi connectivity index (χ4n) is 4.30. The maximum Gasteiger partial charge on any atom is 0.331 e. The molecular weight excluding hydrogens is 476 g/mol. The summed E-state index contributed by atoms with van der Waals surface area (Å²) in [4.78, 5) is 29.9. The molecule has 2 aromatic heterocycles. The highest BCUT2D eigenvalue weighted by Crippen LogP contribution is 2.24. The quantitative estimate of drug-likeness (QED) is 0.211. The molecule has 0 radical (unpaired) electrons. The SMILES string of the molecule is Cc1c[nH]c2cccc(/C=C/C(=O)OC(C)(C)C)c12.Cc1c[nH]c2cccc(CCC(=O)OC(C)(C)C)c12. The van der Waals surface area contributed by atoms with Gasteiger partial charge in [-0.3, -0.25) is 4.79 Å². The molecule has 6 nitrogen and oxygen atoms in total. The number of ether oxygens (including phenoxy) is 2. The molecule has 0 aliphatic carbocycles. The van der Waals surface area contributed by atoms with Crippen LogP contribution in [0.3, 0.4) is 0 Å². The third kappa shape index (κ3) is 8.10. The number of esters is 2. The number of aromatic amines is 2. The third-order valence-electron chi connectivity index (χ3n) is 5.75. The molecule has 6 heteroatoms.